The number of hydrogen-bond acceptors (Lipinski definition) is 5. The lowest BCUT2D eigenvalue weighted by Crippen LogP contribution is -2.57. The minimum Gasteiger partial charge on any atom is -0.496 e. The summed E-state index contributed by atoms with van der Waals surface area (Å²) in [4.78, 5) is 44.4. The molecule has 4 aliphatic rings. The molecular weight excluding hydrogens is 558 g/mol. The summed E-state index contributed by atoms with van der Waals surface area (Å²) in [6, 6.07) is 6.47. The number of allylic oxidation sites excluding steroid dienone is 8. The third-order valence-corrected chi connectivity index (χ3v) is 12.0. The summed E-state index contributed by atoms with van der Waals surface area (Å²) in [5.74, 6) is 0.766. The summed E-state index contributed by atoms with van der Waals surface area (Å²) >= 11 is 0. The van der Waals surface area contributed by atoms with Gasteiger partial charge in [0.1, 0.15) is 5.75 Å². The van der Waals surface area contributed by atoms with Crippen LogP contribution in [0.3, 0.4) is 0 Å². The molecule has 4 unspecified atom stereocenters. The summed E-state index contributed by atoms with van der Waals surface area (Å²) in [7, 11) is 5.88. The number of methoxy groups -OCH3 is 1. The molecule has 4 aliphatic carbocycles. The maximum atomic E-state index is 15.2. The number of carbonyl (C=O) groups excluding carboxylic acids is 3. The Kier molecular flexibility index (Phi) is 7.96. The largest absolute Gasteiger partial charge is 0.496 e. The van der Waals surface area contributed by atoms with Crippen molar-refractivity contribution in [3.63, 3.8) is 0 Å². The molecule has 0 bridgehead atoms. The molecule has 1 fully saturated rings. The molecule has 45 heavy (non-hydrogen) atoms. The third kappa shape index (κ3) is 4.87. The molecule has 0 heterocycles. The van der Waals surface area contributed by atoms with Gasteiger partial charge in [0.05, 0.1) is 18.1 Å². The molecule has 5 nitrogen and oxygen atoms in total. The summed E-state index contributed by atoms with van der Waals surface area (Å²) in [6.45, 7) is 21.6. The fourth-order valence-electron chi connectivity index (χ4n) is 9.89. The Hall–Kier alpha value is -3.05. The highest BCUT2D eigenvalue weighted by atomic mass is 16.5. The highest BCUT2D eigenvalue weighted by molar-refractivity contribution is 6.24. The Balaban J connectivity index is 1.81. The molecule has 1 aromatic carbocycles. The lowest BCUT2D eigenvalue weighted by atomic mass is 9.42. The molecule has 0 saturated heterocycles. The van der Waals surface area contributed by atoms with Gasteiger partial charge >= 0.3 is 0 Å². The van der Waals surface area contributed by atoms with E-state index in [1.54, 1.807) is 7.11 Å². The molecule has 1 aromatic rings. The van der Waals surface area contributed by atoms with E-state index in [9.17, 15) is 9.59 Å². The molecular formula is C40H53NO4. The molecule has 5 heteroatoms. The van der Waals surface area contributed by atoms with Crippen LogP contribution in [0.4, 0.5) is 0 Å². The number of ketones is 3. The molecule has 4 atom stereocenters. The van der Waals surface area contributed by atoms with Crippen LogP contribution >= 0.6 is 0 Å². The number of Topliss-reactive ketones (excluding diaryl/α,β-unsaturated/α-hetero) is 3. The number of hydrogen-bond donors (Lipinski definition) is 0. The van der Waals surface area contributed by atoms with Gasteiger partial charge in [-0.2, -0.15) is 0 Å². The van der Waals surface area contributed by atoms with E-state index in [-0.39, 0.29) is 28.7 Å². The first-order valence-electron chi connectivity index (χ1n) is 16.5. The Labute approximate surface area is 270 Å². The Bertz CT molecular complexity index is 1660. The molecule has 0 aromatic heterocycles. The van der Waals surface area contributed by atoms with Gasteiger partial charge in [0.15, 0.2) is 17.3 Å². The van der Waals surface area contributed by atoms with Crippen molar-refractivity contribution < 1.29 is 19.1 Å². The number of rotatable bonds is 5. The minimum atomic E-state index is -0.918. The van der Waals surface area contributed by atoms with Crippen molar-refractivity contribution in [2.75, 3.05) is 21.2 Å². The highest BCUT2D eigenvalue weighted by Crippen LogP contribution is 2.68. The number of fused-ring (bicyclic) bond motifs is 3. The van der Waals surface area contributed by atoms with Gasteiger partial charge in [-0.3, -0.25) is 14.4 Å². The van der Waals surface area contributed by atoms with Crippen LogP contribution in [0, 0.1) is 27.6 Å². The number of ether oxygens (including phenoxy) is 1. The predicted octanol–water partition coefficient (Wildman–Crippen LogP) is 8.48. The van der Waals surface area contributed by atoms with E-state index in [0.29, 0.717) is 18.4 Å². The second kappa shape index (κ2) is 10.8. The quantitative estimate of drug-likeness (QED) is 0.313. The normalized spacial score (nSPS) is 30.6. The Morgan fingerprint density at radius 3 is 2.22 bits per heavy atom. The predicted molar refractivity (Wildman–Crippen MR) is 182 cm³/mol. The monoisotopic (exact) mass is 611 g/mol. The zero-order chi connectivity index (χ0) is 33.6. The van der Waals surface area contributed by atoms with Crippen LogP contribution in [-0.2, 0) is 20.9 Å². The van der Waals surface area contributed by atoms with Gasteiger partial charge < -0.3 is 9.64 Å². The van der Waals surface area contributed by atoms with Gasteiger partial charge in [0.25, 0.3) is 0 Å². The summed E-state index contributed by atoms with van der Waals surface area (Å²) in [5, 5.41) is 0. The van der Waals surface area contributed by atoms with Crippen LogP contribution in [0.2, 0.25) is 0 Å². The van der Waals surface area contributed by atoms with Crippen LogP contribution in [0.1, 0.15) is 106 Å². The zero-order valence-electron chi connectivity index (χ0n) is 29.9. The van der Waals surface area contributed by atoms with Gasteiger partial charge in [0.2, 0.25) is 0 Å². The van der Waals surface area contributed by atoms with Crippen LogP contribution < -0.4 is 4.74 Å². The Morgan fingerprint density at radius 1 is 1.02 bits per heavy atom. The maximum absolute atomic E-state index is 15.2. The topological polar surface area (TPSA) is 63.7 Å². The first kappa shape index (κ1) is 33.3. The van der Waals surface area contributed by atoms with Gasteiger partial charge in [-0.15, -0.1) is 0 Å². The number of benzene rings is 1. The molecule has 242 valence electrons. The molecule has 0 radical (unpaired) electrons. The first-order chi connectivity index (χ1) is 20.7. The molecule has 0 N–H and O–H groups in total. The molecule has 0 spiro atoms. The highest BCUT2D eigenvalue weighted by Gasteiger charge is 2.64. The van der Waals surface area contributed by atoms with Crippen molar-refractivity contribution in [2.45, 2.75) is 101 Å². The van der Waals surface area contributed by atoms with E-state index in [4.69, 9.17) is 4.74 Å². The lowest BCUT2D eigenvalue weighted by molar-refractivity contribution is -0.134. The lowest BCUT2D eigenvalue weighted by Gasteiger charge is -2.60. The molecule has 0 aliphatic heterocycles. The SMILES string of the molecule is COc1ccc(CN(C)C)cc1C1=C2CC3(C)CC4(C)CC(C)=C(C(C)=O)C(=O)C4(C)C(C)=C3C(=O)C2=C(C)C(C(C)(C)C)C1. The van der Waals surface area contributed by atoms with E-state index in [2.05, 4.69) is 78.7 Å². The van der Waals surface area contributed by atoms with Crippen molar-refractivity contribution in [3.8, 4) is 5.75 Å². The fourth-order valence-corrected chi connectivity index (χ4v) is 9.89. The summed E-state index contributed by atoms with van der Waals surface area (Å²) in [6.07, 6.45) is 2.94. The van der Waals surface area contributed by atoms with Crippen LogP contribution in [0.5, 0.6) is 5.75 Å². The average molecular weight is 612 g/mol. The van der Waals surface area contributed by atoms with Gasteiger partial charge in [-0.05, 0) is 120 Å². The maximum Gasteiger partial charge on any atom is 0.189 e. The van der Waals surface area contributed by atoms with E-state index in [1.807, 2.05) is 20.8 Å². The summed E-state index contributed by atoms with van der Waals surface area (Å²) < 4.78 is 5.99. The molecule has 0 amide bonds. The summed E-state index contributed by atoms with van der Waals surface area (Å²) in [5.41, 5.74) is 7.61. The van der Waals surface area contributed by atoms with Gasteiger partial charge in [-0.1, -0.05) is 57.4 Å². The average Bonchev–Trinajstić information content (AvgIpc) is 2.89. The van der Waals surface area contributed by atoms with E-state index < -0.39 is 16.2 Å². The molecule has 5 rings (SSSR count). The number of carbonyl (C=O) groups is 3. The van der Waals surface area contributed by atoms with Crippen LogP contribution in [0.25, 0.3) is 5.57 Å². The minimum absolute atomic E-state index is 0.0651. The van der Waals surface area contributed by atoms with E-state index >= 15 is 4.79 Å². The fraction of sp³-hybridized carbons (Fsp3) is 0.575. The Morgan fingerprint density at radius 2 is 1.67 bits per heavy atom. The second-order valence-electron chi connectivity index (χ2n) is 16.6. The van der Waals surface area contributed by atoms with Crippen molar-refractivity contribution in [2.24, 2.45) is 27.6 Å². The van der Waals surface area contributed by atoms with Crippen molar-refractivity contribution in [1.29, 1.82) is 0 Å². The standard InChI is InChI=1S/C40H53NO4/c1-22-18-39(9)21-38(8)19-29-27(28-16-26(20-41(11)12)14-15-31(28)45-13)17-30(37(5,6)7)23(2)33(29)35(43)34(38)24(3)40(39,10)36(44)32(22)25(4)42/h14-16,30H,17-21H2,1-13H3. The van der Waals surface area contributed by atoms with Crippen molar-refractivity contribution >= 4 is 22.9 Å². The van der Waals surface area contributed by atoms with Crippen LogP contribution in [-0.4, -0.2) is 43.5 Å². The van der Waals surface area contributed by atoms with Crippen molar-refractivity contribution in [3.05, 3.63) is 68.3 Å². The van der Waals surface area contributed by atoms with Crippen LogP contribution in [0.15, 0.2) is 57.2 Å². The first-order valence-corrected chi connectivity index (χ1v) is 16.5. The van der Waals surface area contributed by atoms with Gasteiger partial charge in [-0.25, -0.2) is 0 Å². The third-order valence-electron chi connectivity index (χ3n) is 12.0. The zero-order valence-corrected chi connectivity index (χ0v) is 29.9. The molecule has 1 saturated carbocycles. The van der Waals surface area contributed by atoms with Gasteiger partial charge in [0, 0.05) is 28.7 Å². The smallest absolute Gasteiger partial charge is 0.189 e. The van der Waals surface area contributed by atoms with Crippen molar-refractivity contribution in [1.82, 2.24) is 4.90 Å². The van der Waals surface area contributed by atoms with E-state index in [1.165, 1.54) is 18.1 Å². The second-order valence-corrected chi connectivity index (χ2v) is 16.6. The van der Waals surface area contributed by atoms with E-state index in [0.717, 1.165) is 64.1 Å². The number of nitrogens with zero attached hydrogens (tertiary/aromatic N) is 1.